The minimum atomic E-state index is -0.222. The zero-order chi connectivity index (χ0) is 8.67. The smallest absolute Gasteiger partial charge is 0.133 e. The molecule has 0 unspecified atom stereocenters. The maximum atomic E-state index is 3.90. The first kappa shape index (κ1) is 6.65. The summed E-state index contributed by atoms with van der Waals surface area (Å²) < 4.78 is 0. The van der Waals surface area contributed by atoms with Gasteiger partial charge in [-0.3, -0.25) is 0 Å². The van der Waals surface area contributed by atoms with E-state index in [2.05, 4.69) is 38.9 Å². The topological polar surface area (TPSA) is 49.4 Å². The maximum absolute atomic E-state index is 3.90. The van der Waals surface area contributed by atoms with Crippen LogP contribution in [0, 0.1) is 0 Å². The molecule has 0 saturated carbocycles. The zero-order valence-electron chi connectivity index (χ0n) is 6.75. The summed E-state index contributed by atoms with van der Waals surface area (Å²) in [6, 6.07) is 0. The van der Waals surface area contributed by atoms with Crippen molar-refractivity contribution < 1.29 is 0 Å². The van der Waals surface area contributed by atoms with Crippen LogP contribution in [0.15, 0.2) is 67.8 Å². The molecule has 0 bridgehead atoms. The Morgan fingerprint density at radius 3 is 2.69 bits per heavy atom. The first-order valence-electron chi connectivity index (χ1n) is 4.06. The average Bonchev–Trinajstić information content (AvgIpc) is 2.79. The molecule has 0 aromatic carbocycles. The van der Waals surface area contributed by atoms with Crippen molar-refractivity contribution in [1.82, 2.24) is 0 Å². The first-order valence-corrected chi connectivity index (χ1v) is 4.06. The van der Waals surface area contributed by atoms with E-state index >= 15 is 0 Å². The van der Waals surface area contributed by atoms with Crippen LogP contribution in [0.4, 0.5) is 0 Å². The number of fused-ring (bicyclic) bond motifs is 1. The molecule has 0 radical (unpaired) electrons. The van der Waals surface area contributed by atoms with Crippen molar-refractivity contribution in [3.63, 3.8) is 0 Å². The van der Waals surface area contributed by atoms with Crippen molar-refractivity contribution >= 4 is 0 Å². The lowest BCUT2D eigenvalue weighted by Gasteiger charge is -2.04. The van der Waals surface area contributed by atoms with Crippen LogP contribution in [0.5, 0.6) is 0 Å². The molecule has 4 nitrogen and oxygen atoms in total. The fourth-order valence-electron chi connectivity index (χ4n) is 1.63. The van der Waals surface area contributed by atoms with Gasteiger partial charge in [0.1, 0.15) is 0 Å². The molecule has 3 rings (SSSR count). The van der Waals surface area contributed by atoms with Gasteiger partial charge >= 0.3 is 0 Å². The highest BCUT2D eigenvalue weighted by molar-refractivity contribution is 5.65. The Morgan fingerprint density at radius 2 is 1.85 bits per heavy atom. The van der Waals surface area contributed by atoms with Gasteiger partial charge in [0.05, 0.1) is 0 Å². The molecule has 4 heteroatoms. The summed E-state index contributed by atoms with van der Waals surface area (Å²) in [7, 11) is 0. The van der Waals surface area contributed by atoms with Crippen LogP contribution in [0.2, 0.25) is 0 Å². The second-order valence-corrected chi connectivity index (χ2v) is 2.97. The first-order chi connectivity index (χ1) is 6.45. The number of hydrogen-bond donors (Lipinski definition) is 0. The number of allylic oxidation sites excluding steroid dienone is 6. The SMILES string of the molecule is C1=CC2=CC=C(C3N=NN=N3)C2=C1. The lowest BCUT2D eigenvalue weighted by molar-refractivity contribution is 0.822. The van der Waals surface area contributed by atoms with Crippen molar-refractivity contribution in [2.45, 2.75) is 6.17 Å². The lowest BCUT2D eigenvalue weighted by Crippen LogP contribution is -2.02. The Labute approximate surface area is 74.7 Å². The van der Waals surface area contributed by atoms with Crippen molar-refractivity contribution in [3.8, 4) is 0 Å². The molecule has 0 saturated heterocycles. The van der Waals surface area contributed by atoms with Crippen LogP contribution in [0.1, 0.15) is 0 Å². The van der Waals surface area contributed by atoms with Crippen molar-refractivity contribution in [2.75, 3.05) is 0 Å². The largest absolute Gasteiger partial charge is 0.211 e. The molecule has 3 aliphatic rings. The summed E-state index contributed by atoms with van der Waals surface area (Å²) in [4.78, 5) is 0. The third kappa shape index (κ3) is 0.853. The van der Waals surface area contributed by atoms with Crippen molar-refractivity contribution in [2.24, 2.45) is 20.7 Å². The van der Waals surface area contributed by atoms with Gasteiger partial charge in [0, 0.05) is 5.57 Å². The molecule has 2 aliphatic carbocycles. The fourth-order valence-corrected chi connectivity index (χ4v) is 1.63. The van der Waals surface area contributed by atoms with Crippen molar-refractivity contribution in [3.05, 3.63) is 47.1 Å². The van der Waals surface area contributed by atoms with Crippen molar-refractivity contribution in [1.29, 1.82) is 0 Å². The normalized spacial score (nSPS) is 23.5. The molecule has 0 aromatic rings. The van der Waals surface area contributed by atoms with Crippen LogP contribution < -0.4 is 0 Å². The van der Waals surface area contributed by atoms with Gasteiger partial charge in [0.2, 0.25) is 6.17 Å². The van der Waals surface area contributed by atoms with E-state index in [-0.39, 0.29) is 6.17 Å². The summed E-state index contributed by atoms with van der Waals surface area (Å²) in [5.41, 5.74) is 3.52. The molecule has 0 N–H and O–H groups in total. The van der Waals surface area contributed by atoms with E-state index in [0.717, 1.165) is 5.57 Å². The van der Waals surface area contributed by atoms with Gasteiger partial charge in [0.15, 0.2) is 0 Å². The molecule has 0 atom stereocenters. The zero-order valence-corrected chi connectivity index (χ0v) is 6.75. The second kappa shape index (κ2) is 2.32. The van der Waals surface area contributed by atoms with Gasteiger partial charge < -0.3 is 0 Å². The lowest BCUT2D eigenvalue weighted by atomic mass is 10.1. The third-order valence-electron chi connectivity index (χ3n) is 2.24. The number of rotatable bonds is 1. The fraction of sp³-hybridized carbons (Fsp3) is 0.111. The Morgan fingerprint density at radius 1 is 1.00 bits per heavy atom. The predicted molar refractivity (Wildman–Crippen MR) is 46.9 cm³/mol. The molecule has 0 amide bonds. The molecule has 0 fully saturated rings. The molecular weight excluding hydrogens is 164 g/mol. The Bertz CT molecular complexity index is 423. The monoisotopic (exact) mass is 170 g/mol. The average molecular weight is 170 g/mol. The highest BCUT2D eigenvalue weighted by Crippen LogP contribution is 2.35. The van der Waals surface area contributed by atoms with Crippen LogP contribution in [0.3, 0.4) is 0 Å². The van der Waals surface area contributed by atoms with Crippen LogP contribution >= 0.6 is 0 Å². The van der Waals surface area contributed by atoms with Gasteiger partial charge in [0.25, 0.3) is 0 Å². The summed E-state index contributed by atoms with van der Waals surface area (Å²) in [5.74, 6) is 0. The Balaban J connectivity index is 1.97. The highest BCUT2D eigenvalue weighted by Gasteiger charge is 2.24. The van der Waals surface area contributed by atoms with Gasteiger partial charge in [-0.05, 0) is 21.6 Å². The molecule has 1 aliphatic heterocycles. The minimum absolute atomic E-state index is 0.222. The van der Waals surface area contributed by atoms with Gasteiger partial charge in [-0.25, -0.2) is 0 Å². The van der Waals surface area contributed by atoms with E-state index in [9.17, 15) is 0 Å². The van der Waals surface area contributed by atoms with Crippen LogP contribution in [-0.4, -0.2) is 6.17 Å². The van der Waals surface area contributed by atoms with E-state index in [4.69, 9.17) is 0 Å². The molecule has 1 heterocycles. The van der Waals surface area contributed by atoms with E-state index in [1.807, 2.05) is 12.2 Å². The van der Waals surface area contributed by atoms with E-state index in [1.165, 1.54) is 11.1 Å². The standard InChI is InChI=1S/C9H6N4/c1-2-6-4-5-8(7(6)3-1)9-10-12-13-11-9/h1-5,9H. The molecule has 62 valence electrons. The van der Waals surface area contributed by atoms with E-state index < -0.39 is 0 Å². The Hall–Kier alpha value is -1.84. The van der Waals surface area contributed by atoms with Gasteiger partial charge in [-0.15, -0.1) is 10.2 Å². The highest BCUT2D eigenvalue weighted by atomic mass is 15.6. The van der Waals surface area contributed by atoms with Crippen LogP contribution in [0.25, 0.3) is 0 Å². The molecule has 0 spiro atoms. The summed E-state index contributed by atoms with van der Waals surface area (Å²) in [6.07, 6.45) is 10.0. The molecule has 0 aromatic heterocycles. The van der Waals surface area contributed by atoms with E-state index in [1.54, 1.807) is 0 Å². The Kier molecular flexibility index (Phi) is 1.19. The maximum Gasteiger partial charge on any atom is 0.211 e. The minimum Gasteiger partial charge on any atom is -0.133 e. The summed E-state index contributed by atoms with van der Waals surface area (Å²) >= 11 is 0. The molecular formula is C9H6N4. The third-order valence-corrected chi connectivity index (χ3v) is 2.24. The van der Waals surface area contributed by atoms with E-state index in [0.29, 0.717) is 0 Å². The number of nitrogens with zero attached hydrogens (tertiary/aromatic N) is 4. The van der Waals surface area contributed by atoms with Gasteiger partial charge in [-0.1, -0.05) is 30.4 Å². The molecule has 13 heavy (non-hydrogen) atoms. The quantitative estimate of drug-likeness (QED) is 0.580. The number of hydrogen-bond acceptors (Lipinski definition) is 4. The summed E-state index contributed by atoms with van der Waals surface area (Å²) in [6.45, 7) is 0. The predicted octanol–water partition coefficient (Wildman–Crippen LogP) is 2.51. The van der Waals surface area contributed by atoms with Gasteiger partial charge in [-0.2, -0.15) is 0 Å². The van der Waals surface area contributed by atoms with Crippen LogP contribution in [-0.2, 0) is 0 Å². The second-order valence-electron chi connectivity index (χ2n) is 2.97. The summed E-state index contributed by atoms with van der Waals surface area (Å²) in [5, 5.41) is 14.8.